The van der Waals surface area contributed by atoms with Crippen molar-refractivity contribution in [3.05, 3.63) is 53.3 Å². The van der Waals surface area contributed by atoms with Crippen molar-refractivity contribution in [3.63, 3.8) is 0 Å². The number of phenolic OH excluding ortho intramolecular Hbond substituents is 1. The van der Waals surface area contributed by atoms with E-state index in [1.165, 1.54) is 18.2 Å². The minimum atomic E-state index is -1.52. The molecule has 2 unspecified atom stereocenters. The Kier molecular flexibility index (Phi) is 5.72. The molecule has 2 aromatic carbocycles. The van der Waals surface area contributed by atoms with Crippen LogP contribution < -0.4 is 15.4 Å². The average molecular weight is 410 g/mol. The van der Waals surface area contributed by atoms with Crippen molar-refractivity contribution in [2.24, 2.45) is 0 Å². The summed E-state index contributed by atoms with van der Waals surface area (Å²) in [4.78, 5) is 12.2. The molecular formula is C20H21F3N2O4. The largest absolute Gasteiger partial charge is 0.508 e. The number of aliphatic hydroxyl groups is 1. The number of aromatic hydroxyl groups is 1. The molecule has 1 heterocycles. The van der Waals surface area contributed by atoms with Crippen LogP contribution in [0.4, 0.5) is 18.9 Å². The third-order valence-corrected chi connectivity index (χ3v) is 4.56. The van der Waals surface area contributed by atoms with E-state index in [9.17, 15) is 28.2 Å². The molecule has 0 aliphatic carbocycles. The summed E-state index contributed by atoms with van der Waals surface area (Å²) in [5.41, 5.74) is -0.187. The van der Waals surface area contributed by atoms with Crippen molar-refractivity contribution in [1.82, 2.24) is 5.32 Å². The predicted molar refractivity (Wildman–Crippen MR) is 99.3 cm³/mol. The summed E-state index contributed by atoms with van der Waals surface area (Å²) in [6.45, 7) is 3.42. The Balaban J connectivity index is 1.62. The van der Waals surface area contributed by atoms with Gasteiger partial charge in [0.1, 0.15) is 17.6 Å². The van der Waals surface area contributed by atoms with Gasteiger partial charge in [-0.1, -0.05) is 0 Å². The number of anilines is 1. The van der Waals surface area contributed by atoms with Gasteiger partial charge in [-0.05, 0) is 50.1 Å². The minimum absolute atomic E-state index is 0.0382. The van der Waals surface area contributed by atoms with Crippen LogP contribution in [0.15, 0.2) is 30.3 Å². The lowest BCUT2D eigenvalue weighted by molar-refractivity contribution is -0.128. The number of nitrogens with one attached hydrogen (secondary N) is 2. The Morgan fingerprint density at radius 2 is 1.86 bits per heavy atom. The molecule has 1 aliphatic rings. The van der Waals surface area contributed by atoms with Gasteiger partial charge in [0.25, 0.3) is 5.91 Å². The molecule has 29 heavy (non-hydrogen) atoms. The Labute approximate surface area is 165 Å². The number of β-amino-alcohol motifs (C(OH)–C–C–N with tert-alkyl or cyclic N) is 1. The number of amides is 1. The fourth-order valence-electron chi connectivity index (χ4n) is 3.14. The van der Waals surface area contributed by atoms with Crippen LogP contribution in [0.25, 0.3) is 0 Å². The molecule has 0 spiro atoms. The molecule has 4 N–H and O–H groups in total. The fourth-order valence-corrected chi connectivity index (χ4v) is 3.14. The van der Waals surface area contributed by atoms with E-state index in [0.717, 1.165) is 12.1 Å². The maximum absolute atomic E-state index is 13.4. The Bertz CT molecular complexity index is 913. The van der Waals surface area contributed by atoms with Crippen molar-refractivity contribution >= 4 is 11.6 Å². The van der Waals surface area contributed by atoms with Crippen LogP contribution in [0.3, 0.4) is 0 Å². The molecule has 0 radical (unpaired) electrons. The van der Waals surface area contributed by atoms with E-state index in [1.54, 1.807) is 13.8 Å². The molecule has 156 valence electrons. The lowest BCUT2D eigenvalue weighted by atomic mass is 9.94. The van der Waals surface area contributed by atoms with Gasteiger partial charge in [-0.15, -0.1) is 0 Å². The number of phenols is 1. The Morgan fingerprint density at radius 1 is 1.21 bits per heavy atom. The van der Waals surface area contributed by atoms with Crippen LogP contribution in [-0.2, 0) is 11.2 Å². The summed E-state index contributed by atoms with van der Waals surface area (Å²) in [5.74, 6) is -4.37. The molecule has 1 amide bonds. The Hall–Kier alpha value is -2.78. The van der Waals surface area contributed by atoms with Crippen molar-refractivity contribution in [2.45, 2.75) is 38.0 Å². The SMILES string of the molecule is CC(C)(Cc1cc(F)c(F)c(F)c1)NCC(O)C1Oc2ccc(O)cc2NC1=O. The number of fused-ring (bicyclic) bond motifs is 1. The molecule has 0 saturated carbocycles. The van der Waals surface area contributed by atoms with E-state index in [-0.39, 0.29) is 24.3 Å². The first-order valence-electron chi connectivity index (χ1n) is 8.93. The lowest BCUT2D eigenvalue weighted by Crippen LogP contribution is -2.53. The average Bonchev–Trinajstić information content (AvgIpc) is 2.63. The standard InChI is InChI=1S/C20H21F3N2O4/c1-20(2,8-10-5-12(21)17(23)13(22)6-10)24-9-15(27)18-19(28)25-14-7-11(26)3-4-16(14)29-18/h3-7,15,18,24,26-27H,8-9H2,1-2H3,(H,25,28). The highest BCUT2D eigenvalue weighted by molar-refractivity contribution is 5.98. The number of rotatable bonds is 6. The molecule has 0 fully saturated rings. The van der Waals surface area contributed by atoms with Gasteiger partial charge in [0, 0.05) is 18.2 Å². The quantitative estimate of drug-likeness (QED) is 0.550. The van der Waals surface area contributed by atoms with Crippen LogP contribution in [-0.4, -0.2) is 40.4 Å². The predicted octanol–water partition coefficient (Wildman–Crippen LogP) is 2.48. The van der Waals surface area contributed by atoms with Crippen molar-refractivity contribution in [2.75, 3.05) is 11.9 Å². The molecule has 9 heteroatoms. The zero-order valence-corrected chi connectivity index (χ0v) is 15.8. The van der Waals surface area contributed by atoms with Crippen molar-refractivity contribution in [1.29, 1.82) is 0 Å². The van der Waals surface area contributed by atoms with Crippen molar-refractivity contribution < 1.29 is 32.9 Å². The number of halogens is 3. The molecule has 0 aromatic heterocycles. The topological polar surface area (TPSA) is 90.8 Å². The van der Waals surface area contributed by atoms with Gasteiger partial charge >= 0.3 is 0 Å². The Morgan fingerprint density at radius 3 is 2.52 bits per heavy atom. The molecule has 6 nitrogen and oxygen atoms in total. The second kappa shape index (κ2) is 7.92. The normalized spacial score (nSPS) is 17.3. The lowest BCUT2D eigenvalue weighted by Gasteiger charge is -2.32. The molecule has 1 aliphatic heterocycles. The van der Waals surface area contributed by atoms with Gasteiger partial charge in [0.2, 0.25) is 6.10 Å². The first-order chi connectivity index (χ1) is 13.6. The second-order valence-corrected chi connectivity index (χ2v) is 7.59. The highest BCUT2D eigenvalue weighted by atomic mass is 19.2. The summed E-state index contributed by atoms with van der Waals surface area (Å²) >= 11 is 0. The summed E-state index contributed by atoms with van der Waals surface area (Å²) in [6, 6.07) is 6.03. The first-order valence-corrected chi connectivity index (χ1v) is 8.93. The third kappa shape index (κ3) is 4.80. The van der Waals surface area contributed by atoms with Gasteiger partial charge in [0.15, 0.2) is 17.5 Å². The van der Waals surface area contributed by atoms with Crippen LogP contribution >= 0.6 is 0 Å². The van der Waals surface area contributed by atoms with E-state index < -0.39 is 41.1 Å². The van der Waals surface area contributed by atoms with E-state index in [0.29, 0.717) is 11.4 Å². The highest BCUT2D eigenvalue weighted by Gasteiger charge is 2.35. The van der Waals surface area contributed by atoms with E-state index in [4.69, 9.17) is 4.74 Å². The number of aliphatic hydroxyl groups excluding tert-OH is 1. The summed E-state index contributed by atoms with van der Waals surface area (Å²) in [6.07, 6.45) is -2.26. The minimum Gasteiger partial charge on any atom is -0.508 e. The van der Waals surface area contributed by atoms with Crippen LogP contribution in [0.2, 0.25) is 0 Å². The van der Waals surface area contributed by atoms with Gasteiger partial charge in [0.05, 0.1) is 5.69 Å². The van der Waals surface area contributed by atoms with Gasteiger partial charge in [-0.2, -0.15) is 0 Å². The number of carbonyl (C=O) groups excluding carboxylic acids is 1. The van der Waals surface area contributed by atoms with Crippen LogP contribution in [0, 0.1) is 17.5 Å². The molecular weight excluding hydrogens is 389 g/mol. The van der Waals surface area contributed by atoms with Crippen LogP contribution in [0.5, 0.6) is 11.5 Å². The van der Waals surface area contributed by atoms with Crippen LogP contribution in [0.1, 0.15) is 19.4 Å². The van der Waals surface area contributed by atoms with Gasteiger partial charge in [-0.3, -0.25) is 4.79 Å². The highest BCUT2D eigenvalue weighted by Crippen LogP contribution is 2.33. The smallest absolute Gasteiger partial charge is 0.268 e. The van der Waals surface area contributed by atoms with E-state index in [1.807, 2.05) is 0 Å². The number of hydrogen-bond donors (Lipinski definition) is 4. The fraction of sp³-hybridized carbons (Fsp3) is 0.350. The summed E-state index contributed by atoms with van der Waals surface area (Å²) in [7, 11) is 0. The van der Waals surface area contributed by atoms with Gasteiger partial charge in [-0.25, -0.2) is 13.2 Å². The van der Waals surface area contributed by atoms with Crippen molar-refractivity contribution in [3.8, 4) is 11.5 Å². The monoisotopic (exact) mass is 410 g/mol. The third-order valence-electron chi connectivity index (χ3n) is 4.56. The summed E-state index contributed by atoms with van der Waals surface area (Å²) < 4.78 is 45.5. The first kappa shape index (κ1) is 20.9. The molecule has 2 aromatic rings. The zero-order chi connectivity index (χ0) is 21.3. The number of hydrogen-bond acceptors (Lipinski definition) is 5. The van der Waals surface area contributed by atoms with E-state index in [2.05, 4.69) is 10.6 Å². The molecule has 2 atom stereocenters. The maximum Gasteiger partial charge on any atom is 0.268 e. The second-order valence-electron chi connectivity index (χ2n) is 7.59. The molecule has 0 bridgehead atoms. The summed E-state index contributed by atoms with van der Waals surface area (Å²) in [5, 5.41) is 25.5. The van der Waals surface area contributed by atoms with Gasteiger partial charge < -0.3 is 25.6 Å². The number of ether oxygens (including phenoxy) is 1. The zero-order valence-electron chi connectivity index (χ0n) is 15.8. The maximum atomic E-state index is 13.4. The van der Waals surface area contributed by atoms with E-state index >= 15 is 0 Å². The molecule has 3 rings (SSSR count). The molecule has 0 saturated heterocycles. The number of benzene rings is 2. The number of carbonyl (C=O) groups is 1.